The van der Waals surface area contributed by atoms with Crippen LogP contribution in [0.2, 0.25) is 5.02 Å². The molecule has 1 aliphatic rings. The lowest BCUT2D eigenvalue weighted by atomic mass is 10.0. The molecule has 0 saturated heterocycles. The van der Waals surface area contributed by atoms with Crippen LogP contribution in [0.25, 0.3) is 0 Å². The maximum atomic E-state index is 13.5. The lowest BCUT2D eigenvalue weighted by molar-refractivity contribution is -0.159. The zero-order valence-electron chi connectivity index (χ0n) is 12.4. The summed E-state index contributed by atoms with van der Waals surface area (Å²) in [4.78, 5) is 3.61. The van der Waals surface area contributed by atoms with Crippen molar-refractivity contribution < 1.29 is 27.4 Å². The molecule has 3 rings (SSSR count). The highest BCUT2D eigenvalue weighted by molar-refractivity contribution is 9.09. The fourth-order valence-electron chi connectivity index (χ4n) is 2.21. The standard InChI is InChI=1S/C16H10BrClF3NO3/c17-9-15(23-7-8-24-15)12-5-6-13(22-14(12)16(19,20)21)25-11-3-1-10(18)2-4-11/h1-8H,9H2. The molecule has 4 nitrogen and oxygen atoms in total. The van der Waals surface area contributed by atoms with E-state index in [1.807, 2.05) is 0 Å². The quantitative estimate of drug-likeness (QED) is 0.584. The Balaban J connectivity index is 1.99. The van der Waals surface area contributed by atoms with Gasteiger partial charge in [0.1, 0.15) is 18.3 Å². The summed E-state index contributed by atoms with van der Waals surface area (Å²) < 4.78 is 56.3. The third kappa shape index (κ3) is 3.69. The van der Waals surface area contributed by atoms with E-state index in [1.165, 1.54) is 36.8 Å². The van der Waals surface area contributed by atoms with Gasteiger partial charge in [-0.3, -0.25) is 0 Å². The van der Waals surface area contributed by atoms with E-state index in [1.54, 1.807) is 12.1 Å². The largest absolute Gasteiger partial charge is 0.452 e. The van der Waals surface area contributed by atoms with Crippen molar-refractivity contribution in [1.29, 1.82) is 0 Å². The molecule has 1 aromatic carbocycles. The van der Waals surface area contributed by atoms with Crippen molar-refractivity contribution in [2.24, 2.45) is 0 Å². The average molecular weight is 437 g/mol. The van der Waals surface area contributed by atoms with E-state index in [9.17, 15) is 13.2 Å². The summed E-state index contributed by atoms with van der Waals surface area (Å²) in [6.45, 7) is 0. The molecule has 0 atom stereocenters. The van der Waals surface area contributed by atoms with Crippen LogP contribution < -0.4 is 4.74 Å². The van der Waals surface area contributed by atoms with E-state index in [0.717, 1.165) is 0 Å². The highest BCUT2D eigenvalue weighted by atomic mass is 79.9. The van der Waals surface area contributed by atoms with E-state index < -0.39 is 17.7 Å². The fourth-order valence-corrected chi connectivity index (χ4v) is 2.90. The van der Waals surface area contributed by atoms with Gasteiger partial charge in [-0.15, -0.1) is 0 Å². The lowest BCUT2D eigenvalue weighted by Gasteiger charge is -2.28. The maximum absolute atomic E-state index is 13.5. The van der Waals surface area contributed by atoms with Gasteiger partial charge in [-0.25, -0.2) is 4.98 Å². The summed E-state index contributed by atoms with van der Waals surface area (Å²) in [6, 6.07) is 8.70. The van der Waals surface area contributed by atoms with Crippen LogP contribution in [0, 0.1) is 0 Å². The Kier molecular flexibility index (Phi) is 4.83. The van der Waals surface area contributed by atoms with Crippen LogP contribution in [-0.2, 0) is 21.4 Å². The number of alkyl halides is 4. The van der Waals surface area contributed by atoms with E-state index >= 15 is 0 Å². The average Bonchev–Trinajstić information content (AvgIpc) is 3.06. The minimum Gasteiger partial charge on any atom is -0.452 e. The van der Waals surface area contributed by atoms with Crippen LogP contribution in [0.1, 0.15) is 11.3 Å². The molecule has 0 unspecified atom stereocenters. The summed E-state index contributed by atoms with van der Waals surface area (Å²) in [5.74, 6) is -1.53. The van der Waals surface area contributed by atoms with E-state index in [2.05, 4.69) is 20.9 Å². The van der Waals surface area contributed by atoms with Crippen molar-refractivity contribution >= 4 is 27.5 Å². The van der Waals surface area contributed by atoms with Gasteiger partial charge in [0.2, 0.25) is 5.88 Å². The number of ether oxygens (including phenoxy) is 3. The number of benzene rings is 1. The normalized spacial score (nSPS) is 15.6. The van der Waals surface area contributed by atoms with Crippen LogP contribution >= 0.6 is 27.5 Å². The molecule has 2 heterocycles. The van der Waals surface area contributed by atoms with Gasteiger partial charge in [0, 0.05) is 11.1 Å². The summed E-state index contributed by atoms with van der Waals surface area (Å²) in [6.07, 6.45) is -2.36. The summed E-state index contributed by atoms with van der Waals surface area (Å²) in [5.41, 5.74) is -1.41. The lowest BCUT2D eigenvalue weighted by Crippen LogP contribution is -2.32. The monoisotopic (exact) mass is 435 g/mol. The molecule has 132 valence electrons. The zero-order chi connectivity index (χ0) is 18.1. The molecule has 2 aromatic rings. The van der Waals surface area contributed by atoms with Crippen LogP contribution in [0.5, 0.6) is 11.6 Å². The molecule has 0 N–H and O–H groups in total. The summed E-state index contributed by atoms with van der Waals surface area (Å²) in [7, 11) is 0. The van der Waals surface area contributed by atoms with Gasteiger partial charge in [-0.2, -0.15) is 13.2 Å². The third-order valence-corrected chi connectivity index (χ3v) is 4.32. The molecular weight excluding hydrogens is 427 g/mol. The van der Waals surface area contributed by atoms with Gasteiger partial charge in [-0.1, -0.05) is 27.5 Å². The van der Waals surface area contributed by atoms with Crippen molar-refractivity contribution in [3.63, 3.8) is 0 Å². The summed E-state index contributed by atoms with van der Waals surface area (Å²) in [5, 5.41) is 0.462. The van der Waals surface area contributed by atoms with E-state index in [4.69, 9.17) is 25.8 Å². The topological polar surface area (TPSA) is 40.6 Å². The van der Waals surface area contributed by atoms with E-state index in [-0.39, 0.29) is 16.8 Å². The van der Waals surface area contributed by atoms with E-state index in [0.29, 0.717) is 10.8 Å². The second-order valence-electron chi connectivity index (χ2n) is 4.99. The van der Waals surface area contributed by atoms with Crippen molar-refractivity contribution in [3.05, 3.63) is 65.2 Å². The number of hydrogen-bond donors (Lipinski definition) is 0. The Morgan fingerprint density at radius 1 is 1.08 bits per heavy atom. The number of pyridine rings is 1. The van der Waals surface area contributed by atoms with Crippen LogP contribution in [-0.4, -0.2) is 10.3 Å². The fraction of sp³-hybridized carbons (Fsp3) is 0.188. The molecular formula is C16H10BrClF3NO3. The number of nitrogens with zero attached hydrogens (tertiary/aromatic N) is 1. The molecule has 0 aliphatic carbocycles. The van der Waals surface area contributed by atoms with Gasteiger partial charge in [0.15, 0.2) is 5.69 Å². The molecule has 9 heteroatoms. The van der Waals surface area contributed by atoms with Crippen molar-refractivity contribution in [2.75, 3.05) is 5.33 Å². The Bertz CT molecular complexity index is 788. The minimum absolute atomic E-state index is 0.0187. The predicted octanol–water partition coefficient (Wildman–Crippen LogP) is 5.61. The molecule has 0 spiro atoms. The number of halogens is 5. The Morgan fingerprint density at radius 2 is 1.72 bits per heavy atom. The first-order valence-electron chi connectivity index (χ1n) is 6.93. The van der Waals surface area contributed by atoms with Crippen molar-refractivity contribution in [3.8, 4) is 11.6 Å². The van der Waals surface area contributed by atoms with Crippen molar-refractivity contribution in [1.82, 2.24) is 4.98 Å². The highest BCUT2D eigenvalue weighted by Gasteiger charge is 2.47. The maximum Gasteiger partial charge on any atom is 0.434 e. The van der Waals surface area contributed by atoms with Gasteiger partial charge in [0.05, 0.1) is 10.9 Å². The first kappa shape index (κ1) is 17.9. The Hall–Kier alpha value is -1.93. The molecule has 0 radical (unpaired) electrons. The van der Waals surface area contributed by atoms with Crippen molar-refractivity contribution in [2.45, 2.75) is 12.0 Å². The molecule has 1 aromatic heterocycles. The molecule has 0 bridgehead atoms. The second-order valence-corrected chi connectivity index (χ2v) is 5.99. The number of hydrogen-bond acceptors (Lipinski definition) is 4. The van der Waals surface area contributed by atoms with Gasteiger partial charge in [0.25, 0.3) is 5.79 Å². The van der Waals surface area contributed by atoms with Crippen LogP contribution in [0.3, 0.4) is 0 Å². The van der Waals surface area contributed by atoms with Crippen LogP contribution in [0.4, 0.5) is 13.2 Å². The minimum atomic E-state index is -4.72. The third-order valence-electron chi connectivity index (χ3n) is 3.33. The zero-order valence-corrected chi connectivity index (χ0v) is 14.7. The smallest absolute Gasteiger partial charge is 0.434 e. The molecule has 0 fully saturated rings. The van der Waals surface area contributed by atoms with Gasteiger partial charge >= 0.3 is 6.18 Å². The first-order valence-corrected chi connectivity index (χ1v) is 8.43. The second kappa shape index (κ2) is 6.76. The Labute approximate surface area is 154 Å². The summed E-state index contributed by atoms with van der Waals surface area (Å²) >= 11 is 8.89. The first-order chi connectivity index (χ1) is 11.8. The highest BCUT2D eigenvalue weighted by Crippen LogP contribution is 2.42. The van der Waals surface area contributed by atoms with Gasteiger partial charge in [-0.05, 0) is 30.3 Å². The molecule has 0 saturated carbocycles. The van der Waals surface area contributed by atoms with Crippen LogP contribution in [0.15, 0.2) is 48.9 Å². The Morgan fingerprint density at radius 3 is 2.28 bits per heavy atom. The SMILES string of the molecule is FC(F)(F)c1nc(Oc2ccc(Cl)cc2)ccc1C1(CBr)OC=CO1. The number of rotatable bonds is 4. The van der Waals surface area contributed by atoms with Gasteiger partial charge < -0.3 is 14.2 Å². The molecule has 0 amide bonds. The molecule has 25 heavy (non-hydrogen) atoms. The molecule has 1 aliphatic heterocycles. The predicted molar refractivity (Wildman–Crippen MR) is 87.5 cm³/mol. The number of aromatic nitrogens is 1.